The first-order valence-corrected chi connectivity index (χ1v) is 11.6. The van der Waals surface area contributed by atoms with Crippen molar-refractivity contribution in [2.75, 3.05) is 5.32 Å². The number of fused-ring (bicyclic) bond motifs is 1. The number of nitrogens with zero attached hydrogens (tertiary/aromatic N) is 1. The van der Waals surface area contributed by atoms with E-state index >= 15 is 0 Å². The monoisotopic (exact) mass is 477 g/mol. The van der Waals surface area contributed by atoms with E-state index in [1.807, 2.05) is 42.5 Å². The zero-order valence-electron chi connectivity index (χ0n) is 18.4. The first kappa shape index (κ1) is 23.0. The summed E-state index contributed by atoms with van der Waals surface area (Å²) in [5, 5.41) is 6.33. The van der Waals surface area contributed by atoms with Crippen LogP contribution in [-0.2, 0) is 11.2 Å². The van der Waals surface area contributed by atoms with Crippen LogP contribution < -0.4 is 10.6 Å². The van der Waals surface area contributed by atoms with Gasteiger partial charge in [0.2, 0.25) is 11.8 Å². The molecule has 1 heterocycles. The van der Waals surface area contributed by atoms with Crippen molar-refractivity contribution in [2.45, 2.75) is 32.6 Å². The van der Waals surface area contributed by atoms with Gasteiger partial charge in [-0.05, 0) is 66.0 Å². The molecule has 0 spiro atoms. The first-order valence-electron chi connectivity index (χ1n) is 10.8. The van der Waals surface area contributed by atoms with Crippen LogP contribution >= 0.6 is 23.8 Å². The van der Waals surface area contributed by atoms with Crippen molar-refractivity contribution in [3.63, 3.8) is 0 Å². The molecule has 0 aliphatic carbocycles. The fourth-order valence-corrected chi connectivity index (χ4v) is 3.86. The number of oxazole rings is 1. The van der Waals surface area contributed by atoms with Crippen molar-refractivity contribution in [3.8, 4) is 11.5 Å². The van der Waals surface area contributed by atoms with Crippen LogP contribution in [-0.4, -0.2) is 16.0 Å². The molecule has 0 unspecified atom stereocenters. The fraction of sp³-hybridized carbons (Fsp3) is 0.192. The topological polar surface area (TPSA) is 67.2 Å². The van der Waals surface area contributed by atoms with Crippen LogP contribution in [0.5, 0.6) is 0 Å². The maximum absolute atomic E-state index is 12.3. The molecule has 168 valence electrons. The van der Waals surface area contributed by atoms with Crippen molar-refractivity contribution in [1.29, 1.82) is 0 Å². The Balaban J connectivity index is 1.49. The van der Waals surface area contributed by atoms with Crippen LogP contribution in [0.25, 0.3) is 22.6 Å². The average molecular weight is 478 g/mol. The molecule has 33 heavy (non-hydrogen) atoms. The summed E-state index contributed by atoms with van der Waals surface area (Å²) in [5.74, 6) is 0.742. The highest BCUT2D eigenvalue weighted by atomic mass is 35.5. The second-order valence-corrected chi connectivity index (χ2v) is 8.73. The van der Waals surface area contributed by atoms with Gasteiger partial charge in [-0.25, -0.2) is 4.98 Å². The van der Waals surface area contributed by atoms with Gasteiger partial charge in [0.15, 0.2) is 10.7 Å². The van der Waals surface area contributed by atoms with Gasteiger partial charge >= 0.3 is 0 Å². The highest BCUT2D eigenvalue weighted by Gasteiger charge is 2.14. The predicted molar refractivity (Wildman–Crippen MR) is 138 cm³/mol. The van der Waals surface area contributed by atoms with Gasteiger partial charge in [-0.1, -0.05) is 61.8 Å². The summed E-state index contributed by atoms with van der Waals surface area (Å²) >= 11 is 11.7. The minimum absolute atomic E-state index is 0.172. The number of halogens is 1. The SMILES string of the molecule is CC[C@H](C)c1ccc2oc(-c3ccc(Cl)c(NC(=S)NC(=O)Cc4ccccc4)c3)nc2c1. The normalized spacial score (nSPS) is 11.8. The summed E-state index contributed by atoms with van der Waals surface area (Å²) in [7, 11) is 0. The van der Waals surface area contributed by atoms with Gasteiger partial charge in [0.25, 0.3) is 0 Å². The summed E-state index contributed by atoms with van der Waals surface area (Å²) in [6.45, 7) is 4.36. The van der Waals surface area contributed by atoms with E-state index < -0.39 is 0 Å². The molecule has 0 bridgehead atoms. The Labute approximate surface area is 203 Å². The lowest BCUT2D eigenvalue weighted by Crippen LogP contribution is -2.35. The van der Waals surface area contributed by atoms with Gasteiger partial charge in [0, 0.05) is 5.56 Å². The highest BCUT2D eigenvalue weighted by Crippen LogP contribution is 2.31. The number of rotatable bonds is 6. The third kappa shape index (κ3) is 5.59. The summed E-state index contributed by atoms with van der Waals surface area (Å²) < 4.78 is 5.97. The number of hydrogen-bond donors (Lipinski definition) is 2. The molecule has 3 aromatic carbocycles. The van der Waals surface area contributed by atoms with Gasteiger partial charge in [0.1, 0.15) is 5.52 Å². The molecular weight excluding hydrogens is 454 g/mol. The largest absolute Gasteiger partial charge is 0.436 e. The number of anilines is 1. The number of nitrogens with one attached hydrogen (secondary N) is 2. The van der Waals surface area contributed by atoms with Gasteiger partial charge in [-0.2, -0.15) is 0 Å². The number of hydrogen-bond acceptors (Lipinski definition) is 4. The molecule has 0 aliphatic heterocycles. The lowest BCUT2D eigenvalue weighted by atomic mass is 9.98. The van der Waals surface area contributed by atoms with E-state index in [0.29, 0.717) is 22.5 Å². The molecule has 1 amide bonds. The van der Waals surface area contributed by atoms with Gasteiger partial charge in [-0.3, -0.25) is 4.79 Å². The molecule has 7 heteroatoms. The van der Waals surface area contributed by atoms with E-state index in [-0.39, 0.29) is 17.4 Å². The third-order valence-electron chi connectivity index (χ3n) is 5.51. The minimum atomic E-state index is -0.206. The van der Waals surface area contributed by atoms with Gasteiger partial charge < -0.3 is 15.1 Å². The summed E-state index contributed by atoms with van der Waals surface area (Å²) in [6, 6.07) is 21.0. The predicted octanol–water partition coefficient (Wildman–Crippen LogP) is 6.72. The van der Waals surface area contributed by atoms with E-state index in [0.717, 1.165) is 28.6 Å². The maximum Gasteiger partial charge on any atom is 0.230 e. The average Bonchev–Trinajstić information content (AvgIpc) is 3.24. The van der Waals surface area contributed by atoms with Crippen molar-refractivity contribution >= 4 is 51.6 Å². The van der Waals surface area contributed by atoms with Crippen LogP contribution in [0.1, 0.15) is 37.3 Å². The molecule has 4 rings (SSSR count). The minimum Gasteiger partial charge on any atom is -0.436 e. The van der Waals surface area contributed by atoms with E-state index in [1.54, 1.807) is 12.1 Å². The molecule has 0 radical (unpaired) electrons. The Kier molecular flexibility index (Phi) is 7.06. The Hall–Kier alpha value is -3.22. The summed E-state index contributed by atoms with van der Waals surface area (Å²) in [4.78, 5) is 17.0. The second-order valence-electron chi connectivity index (χ2n) is 7.91. The molecule has 0 saturated heterocycles. The number of carbonyl (C=O) groups is 1. The zero-order valence-corrected chi connectivity index (χ0v) is 20.0. The van der Waals surface area contributed by atoms with E-state index in [1.165, 1.54) is 5.56 Å². The van der Waals surface area contributed by atoms with Crippen LogP contribution in [0.2, 0.25) is 5.02 Å². The number of carbonyl (C=O) groups excluding carboxylic acids is 1. The quantitative estimate of drug-likeness (QED) is 0.302. The first-order chi connectivity index (χ1) is 15.9. The number of amides is 1. The molecule has 1 aromatic heterocycles. The number of thiocarbonyl (C=S) groups is 1. The lowest BCUT2D eigenvalue weighted by molar-refractivity contribution is -0.119. The van der Waals surface area contributed by atoms with Gasteiger partial charge in [-0.15, -0.1) is 0 Å². The van der Waals surface area contributed by atoms with Gasteiger partial charge in [0.05, 0.1) is 17.1 Å². The van der Waals surface area contributed by atoms with Crippen molar-refractivity contribution < 1.29 is 9.21 Å². The molecule has 0 saturated carbocycles. The molecule has 2 N–H and O–H groups in total. The van der Waals surface area contributed by atoms with Crippen LogP contribution in [0.3, 0.4) is 0 Å². The third-order valence-corrected chi connectivity index (χ3v) is 6.05. The van der Waals surface area contributed by atoms with E-state index in [2.05, 4.69) is 41.6 Å². The second kappa shape index (κ2) is 10.1. The molecule has 5 nitrogen and oxygen atoms in total. The molecule has 1 atom stereocenters. The van der Waals surface area contributed by atoms with E-state index in [4.69, 9.17) is 28.2 Å². The molecule has 0 aliphatic rings. The lowest BCUT2D eigenvalue weighted by Gasteiger charge is -2.12. The molecular formula is C26H24ClN3O2S. The van der Waals surface area contributed by atoms with Crippen molar-refractivity contribution in [2.24, 2.45) is 0 Å². The molecule has 0 fully saturated rings. The van der Waals surface area contributed by atoms with Crippen LogP contribution in [0.4, 0.5) is 5.69 Å². The Morgan fingerprint density at radius 1 is 1.12 bits per heavy atom. The smallest absolute Gasteiger partial charge is 0.230 e. The number of benzene rings is 3. The Bertz CT molecular complexity index is 1300. The van der Waals surface area contributed by atoms with Crippen molar-refractivity contribution in [1.82, 2.24) is 10.3 Å². The van der Waals surface area contributed by atoms with Crippen molar-refractivity contribution in [3.05, 3.63) is 82.9 Å². The Morgan fingerprint density at radius 3 is 2.67 bits per heavy atom. The maximum atomic E-state index is 12.3. The standard InChI is InChI=1S/C26H24ClN3O2S/c1-3-16(2)18-10-12-23-22(14-18)28-25(32-23)19-9-11-20(27)21(15-19)29-26(33)30-24(31)13-17-7-5-4-6-8-17/h4-12,14-16H,3,13H2,1-2H3,(H2,29,30,31,33)/t16-/m0/s1. The number of aromatic nitrogens is 1. The summed E-state index contributed by atoms with van der Waals surface area (Å²) in [5.41, 5.74) is 5.00. The Morgan fingerprint density at radius 2 is 1.91 bits per heavy atom. The van der Waals surface area contributed by atoms with Crippen LogP contribution in [0, 0.1) is 0 Å². The fourth-order valence-electron chi connectivity index (χ4n) is 3.47. The summed E-state index contributed by atoms with van der Waals surface area (Å²) in [6.07, 6.45) is 1.29. The van der Waals surface area contributed by atoms with E-state index in [9.17, 15) is 4.79 Å². The zero-order chi connectivity index (χ0) is 23.4. The van der Waals surface area contributed by atoms with Crippen LogP contribution in [0.15, 0.2) is 71.1 Å². The highest BCUT2D eigenvalue weighted by molar-refractivity contribution is 7.80. The molecule has 4 aromatic rings.